The van der Waals surface area contributed by atoms with Gasteiger partial charge in [-0.2, -0.15) is 0 Å². The lowest BCUT2D eigenvalue weighted by molar-refractivity contribution is -0.118. The molecule has 148 valence electrons. The Labute approximate surface area is 165 Å². The van der Waals surface area contributed by atoms with E-state index >= 15 is 0 Å². The van der Waals surface area contributed by atoms with Crippen molar-refractivity contribution in [2.75, 3.05) is 31.9 Å². The molecule has 1 aliphatic rings. The normalized spacial score (nSPS) is 20.9. The summed E-state index contributed by atoms with van der Waals surface area (Å²) in [4.78, 5) is 19.3. The fourth-order valence-electron chi connectivity index (χ4n) is 3.65. The fraction of sp³-hybridized carbons (Fsp3) is 0.600. The first-order valence-electron chi connectivity index (χ1n) is 9.79. The molecule has 3 rings (SSSR count). The van der Waals surface area contributed by atoms with Gasteiger partial charge in [0.25, 0.3) is 0 Å². The molecule has 27 heavy (non-hydrogen) atoms. The molecule has 7 heteroatoms. The number of morpholine rings is 1. The molecular weight excluding hydrogens is 360 g/mol. The van der Waals surface area contributed by atoms with E-state index in [9.17, 15) is 4.79 Å². The quantitative estimate of drug-likeness (QED) is 0.555. The number of carbonyl (C=O) groups excluding carboxylic acids is 1. The van der Waals surface area contributed by atoms with Crippen molar-refractivity contribution in [2.45, 2.75) is 51.1 Å². The highest BCUT2D eigenvalue weighted by atomic mass is 32.2. The number of amides is 1. The van der Waals surface area contributed by atoms with Gasteiger partial charge in [0.05, 0.1) is 29.0 Å². The number of imidazole rings is 1. The molecule has 1 saturated heterocycles. The molecule has 2 aromatic rings. The molecule has 1 aromatic carbocycles. The Balaban J connectivity index is 1.40. The van der Waals surface area contributed by atoms with Gasteiger partial charge in [0.1, 0.15) is 0 Å². The van der Waals surface area contributed by atoms with E-state index in [0.717, 1.165) is 48.8 Å². The largest absolute Gasteiger partial charge is 0.373 e. The minimum absolute atomic E-state index is 0.0680. The van der Waals surface area contributed by atoms with Crippen LogP contribution < -0.4 is 5.32 Å². The molecule has 0 bridgehead atoms. The number of aryl methyl sites for hydroxylation is 1. The van der Waals surface area contributed by atoms with Crippen LogP contribution in [0.5, 0.6) is 0 Å². The maximum Gasteiger partial charge on any atom is 0.230 e. The summed E-state index contributed by atoms with van der Waals surface area (Å²) < 4.78 is 7.91. The van der Waals surface area contributed by atoms with Crippen molar-refractivity contribution < 1.29 is 9.53 Å². The zero-order valence-electron chi connectivity index (χ0n) is 16.5. The molecular formula is C20H30N4O2S. The highest BCUT2D eigenvalue weighted by molar-refractivity contribution is 7.99. The number of ether oxygens (including phenoxy) is 1. The van der Waals surface area contributed by atoms with Gasteiger partial charge in [0.2, 0.25) is 5.91 Å². The average molecular weight is 391 g/mol. The lowest BCUT2D eigenvalue weighted by Crippen LogP contribution is -2.46. The van der Waals surface area contributed by atoms with Crippen molar-refractivity contribution in [1.82, 2.24) is 19.8 Å². The van der Waals surface area contributed by atoms with Crippen molar-refractivity contribution >= 4 is 28.7 Å². The summed E-state index contributed by atoms with van der Waals surface area (Å²) in [7, 11) is 0. The maximum atomic E-state index is 12.2. The van der Waals surface area contributed by atoms with Gasteiger partial charge in [-0.25, -0.2) is 4.98 Å². The Morgan fingerprint density at radius 3 is 2.78 bits per heavy atom. The number of hydrogen-bond donors (Lipinski definition) is 1. The van der Waals surface area contributed by atoms with Crippen molar-refractivity contribution in [3.8, 4) is 0 Å². The van der Waals surface area contributed by atoms with Crippen LogP contribution in [0.4, 0.5) is 0 Å². The van der Waals surface area contributed by atoms with Crippen LogP contribution in [0, 0.1) is 0 Å². The number of thioether (sulfide) groups is 1. The molecule has 0 aliphatic carbocycles. The monoisotopic (exact) mass is 390 g/mol. The van der Waals surface area contributed by atoms with Gasteiger partial charge in [-0.15, -0.1) is 0 Å². The summed E-state index contributed by atoms with van der Waals surface area (Å²) in [5.74, 6) is 0.466. The van der Waals surface area contributed by atoms with Crippen LogP contribution in [0.2, 0.25) is 0 Å². The predicted octanol–water partition coefficient (Wildman–Crippen LogP) is 2.76. The molecule has 1 fully saturated rings. The van der Waals surface area contributed by atoms with Crippen LogP contribution in [0.15, 0.2) is 29.4 Å². The van der Waals surface area contributed by atoms with E-state index < -0.39 is 0 Å². The first-order chi connectivity index (χ1) is 13.1. The summed E-state index contributed by atoms with van der Waals surface area (Å²) in [6.07, 6.45) is 1.54. The number of aromatic nitrogens is 2. The minimum Gasteiger partial charge on any atom is -0.373 e. The van der Waals surface area contributed by atoms with Crippen molar-refractivity contribution in [2.24, 2.45) is 0 Å². The van der Waals surface area contributed by atoms with Gasteiger partial charge in [-0.3, -0.25) is 9.69 Å². The molecule has 1 amide bonds. The van der Waals surface area contributed by atoms with E-state index in [0.29, 0.717) is 12.3 Å². The molecule has 2 heterocycles. The van der Waals surface area contributed by atoms with Crippen LogP contribution in [0.1, 0.15) is 27.2 Å². The molecule has 1 N–H and O–H groups in total. The van der Waals surface area contributed by atoms with Gasteiger partial charge < -0.3 is 14.6 Å². The SMILES string of the molecule is CCn1c(SCC(=O)NCCCN2CC(C)OC(C)C2)nc2ccccc21. The van der Waals surface area contributed by atoms with E-state index in [-0.39, 0.29) is 18.1 Å². The lowest BCUT2D eigenvalue weighted by Gasteiger charge is -2.35. The number of nitrogens with one attached hydrogen (secondary N) is 1. The molecule has 2 unspecified atom stereocenters. The first kappa shape index (κ1) is 20.2. The standard InChI is InChI=1S/C20H30N4O2S/c1-4-24-18-9-6-5-8-17(18)22-20(24)27-14-19(25)21-10-7-11-23-12-15(2)26-16(3)13-23/h5-6,8-9,15-16H,4,7,10-14H2,1-3H3,(H,21,25). The Hall–Kier alpha value is -1.57. The van der Waals surface area contributed by atoms with E-state index in [1.165, 1.54) is 11.8 Å². The maximum absolute atomic E-state index is 12.2. The smallest absolute Gasteiger partial charge is 0.230 e. The van der Waals surface area contributed by atoms with Crippen LogP contribution in [0.25, 0.3) is 11.0 Å². The second kappa shape index (κ2) is 9.57. The highest BCUT2D eigenvalue weighted by Gasteiger charge is 2.21. The van der Waals surface area contributed by atoms with Crippen LogP contribution in [-0.2, 0) is 16.1 Å². The zero-order chi connectivity index (χ0) is 19.2. The van der Waals surface area contributed by atoms with Crippen molar-refractivity contribution in [1.29, 1.82) is 0 Å². The zero-order valence-corrected chi connectivity index (χ0v) is 17.3. The molecule has 0 saturated carbocycles. The van der Waals surface area contributed by atoms with Gasteiger partial charge in [-0.05, 0) is 39.3 Å². The topological polar surface area (TPSA) is 59.4 Å². The number of fused-ring (bicyclic) bond motifs is 1. The predicted molar refractivity (Wildman–Crippen MR) is 110 cm³/mol. The van der Waals surface area contributed by atoms with Crippen molar-refractivity contribution in [3.63, 3.8) is 0 Å². The second-order valence-corrected chi connectivity index (χ2v) is 8.08. The fourth-order valence-corrected chi connectivity index (χ4v) is 4.56. The Morgan fingerprint density at radius 2 is 2.04 bits per heavy atom. The number of para-hydroxylation sites is 2. The van der Waals surface area contributed by atoms with E-state index in [4.69, 9.17) is 4.74 Å². The Kier molecular flexibility index (Phi) is 7.15. The van der Waals surface area contributed by atoms with Crippen LogP contribution in [0.3, 0.4) is 0 Å². The Bertz CT molecular complexity index is 754. The third kappa shape index (κ3) is 5.46. The van der Waals surface area contributed by atoms with Crippen LogP contribution >= 0.6 is 11.8 Å². The highest BCUT2D eigenvalue weighted by Crippen LogP contribution is 2.23. The van der Waals surface area contributed by atoms with Crippen LogP contribution in [-0.4, -0.2) is 64.5 Å². The van der Waals surface area contributed by atoms with Gasteiger partial charge in [0.15, 0.2) is 5.16 Å². The van der Waals surface area contributed by atoms with E-state index in [1.54, 1.807) is 0 Å². The van der Waals surface area contributed by atoms with Gasteiger partial charge in [0, 0.05) is 32.7 Å². The van der Waals surface area contributed by atoms with Gasteiger partial charge in [-0.1, -0.05) is 23.9 Å². The Morgan fingerprint density at radius 1 is 1.30 bits per heavy atom. The molecule has 1 aromatic heterocycles. The first-order valence-corrected chi connectivity index (χ1v) is 10.8. The van der Waals surface area contributed by atoms with Gasteiger partial charge >= 0.3 is 0 Å². The summed E-state index contributed by atoms with van der Waals surface area (Å²) in [6, 6.07) is 8.10. The number of carbonyl (C=O) groups is 1. The number of hydrogen-bond acceptors (Lipinski definition) is 5. The molecule has 1 aliphatic heterocycles. The molecule has 0 spiro atoms. The summed E-state index contributed by atoms with van der Waals surface area (Å²) in [5.41, 5.74) is 2.10. The molecule has 2 atom stereocenters. The third-order valence-electron chi connectivity index (χ3n) is 4.74. The molecule has 6 nitrogen and oxygen atoms in total. The number of benzene rings is 1. The van der Waals surface area contributed by atoms with E-state index in [1.807, 2.05) is 18.2 Å². The summed E-state index contributed by atoms with van der Waals surface area (Å²) >= 11 is 1.51. The van der Waals surface area contributed by atoms with Crippen molar-refractivity contribution in [3.05, 3.63) is 24.3 Å². The second-order valence-electron chi connectivity index (χ2n) is 7.14. The number of nitrogens with zero attached hydrogens (tertiary/aromatic N) is 3. The third-order valence-corrected chi connectivity index (χ3v) is 5.71. The summed E-state index contributed by atoms with van der Waals surface area (Å²) in [6.45, 7) is 10.8. The minimum atomic E-state index is 0.0680. The summed E-state index contributed by atoms with van der Waals surface area (Å²) in [5, 5.41) is 3.94. The number of rotatable bonds is 8. The lowest BCUT2D eigenvalue weighted by atomic mass is 10.2. The average Bonchev–Trinajstić information content (AvgIpc) is 3.00. The van der Waals surface area contributed by atoms with E-state index in [2.05, 4.69) is 46.6 Å². The molecule has 0 radical (unpaired) electrons.